The summed E-state index contributed by atoms with van der Waals surface area (Å²) in [6, 6.07) is 68.1. The highest BCUT2D eigenvalue weighted by Gasteiger charge is 2.17. The van der Waals surface area contributed by atoms with Gasteiger partial charge < -0.3 is 4.57 Å². The van der Waals surface area contributed by atoms with Gasteiger partial charge in [-0.25, -0.2) is 15.0 Å². The number of rotatable bonds is 6. The van der Waals surface area contributed by atoms with Crippen molar-refractivity contribution < 1.29 is 0 Å². The molecular weight excluding hydrogens is 645 g/mol. The van der Waals surface area contributed by atoms with Crippen molar-refractivity contribution in [3.63, 3.8) is 0 Å². The zero-order valence-electron chi connectivity index (χ0n) is 28.8. The summed E-state index contributed by atoms with van der Waals surface area (Å²) < 4.78 is 2.36. The molecule has 0 aliphatic rings. The van der Waals surface area contributed by atoms with Crippen LogP contribution in [0.4, 0.5) is 0 Å². The Labute approximate surface area is 307 Å². The van der Waals surface area contributed by atoms with Crippen molar-refractivity contribution in [2.45, 2.75) is 0 Å². The van der Waals surface area contributed by atoms with Crippen LogP contribution in [-0.4, -0.2) is 19.5 Å². The second kappa shape index (κ2) is 12.9. The molecule has 2 heterocycles. The van der Waals surface area contributed by atoms with Gasteiger partial charge in [-0.3, -0.25) is 0 Å². The van der Waals surface area contributed by atoms with Crippen molar-refractivity contribution in [2.24, 2.45) is 0 Å². The summed E-state index contributed by atoms with van der Waals surface area (Å²) in [6.45, 7) is 0. The van der Waals surface area contributed by atoms with Crippen molar-refractivity contribution in [2.75, 3.05) is 0 Å². The minimum atomic E-state index is 0.628. The summed E-state index contributed by atoms with van der Waals surface area (Å²) >= 11 is 0. The topological polar surface area (TPSA) is 43.6 Å². The number of benzene rings is 8. The molecule has 0 spiro atoms. The molecule has 0 unspecified atom stereocenters. The third-order valence-corrected chi connectivity index (χ3v) is 10.0. The summed E-state index contributed by atoms with van der Waals surface area (Å²) in [5, 5.41) is 4.68. The normalized spacial score (nSPS) is 11.4. The van der Waals surface area contributed by atoms with E-state index in [4.69, 9.17) is 15.0 Å². The van der Waals surface area contributed by atoms with Crippen molar-refractivity contribution in [1.29, 1.82) is 0 Å². The highest BCUT2D eigenvalue weighted by molar-refractivity contribution is 6.09. The maximum atomic E-state index is 5.25. The molecule has 248 valence electrons. The average Bonchev–Trinajstić information content (AvgIpc) is 3.58. The summed E-state index contributed by atoms with van der Waals surface area (Å²) in [5.41, 5.74) is 10.8. The predicted octanol–water partition coefficient (Wildman–Crippen LogP) is 12.5. The Morgan fingerprint density at radius 3 is 1.40 bits per heavy atom. The Morgan fingerprint density at radius 2 is 0.792 bits per heavy atom. The van der Waals surface area contributed by atoms with Gasteiger partial charge in [0, 0.05) is 33.2 Å². The van der Waals surface area contributed by atoms with Crippen LogP contribution in [0.3, 0.4) is 0 Å². The van der Waals surface area contributed by atoms with Crippen LogP contribution in [0.2, 0.25) is 0 Å². The number of aromatic nitrogens is 4. The maximum Gasteiger partial charge on any atom is 0.164 e. The van der Waals surface area contributed by atoms with Gasteiger partial charge in [0.05, 0.1) is 11.0 Å². The molecule has 10 rings (SSSR count). The first kappa shape index (κ1) is 30.6. The first-order chi connectivity index (χ1) is 26.3. The van der Waals surface area contributed by atoms with Gasteiger partial charge >= 0.3 is 0 Å². The molecule has 0 radical (unpaired) electrons. The summed E-state index contributed by atoms with van der Waals surface area (Å²) in [4.78, 5) is 15.5. The van der Waals surface area contributed by atoms with E-state index in [9.17, 15) is 0 Å². The fraction of sp³-hybridized carbons (Fsp3) is 0. The van der Waals surface area contributed by atoms with Crippen molar-refractivity contribution in [3.05, 3.63) is 194 Å². The maximum absolute atomic E-state index is 5.25. The zero-order valence-corrected chi connectivity index (χ0v) is 28.8. The van der Waals surface area contributed by atoms with Gasteiger partial charge in [-0.05, 0) is 75.5 Å². The van der Waals surface area contributed by atoms with Crippen molar-refractivity contribution in [3.8, 4) is 62.1 Å². The highest BCUT2D eigenvalue weighted by atomic mass is 15.0. The van der Waals surface area contributed by atoms with E-state index >= 15 is 0 Å². The number of nitrogens with zero attached hydrogens (tertiary/aromatic N) is 4. The van der Waals surface area contributed by atoms with Crippen molar-refractivity contribution in [1.82, 2.24) is 19.5 Å². The van der Waals surface area contributed by atoms with E-state index < -0.39 is 0 Å². The van der Waals surface area contributed by atoms with Gasteiger partial charge in [-0.2, -0.15) is 0 Å². The second-order valence-electron chi connectivity index (χ2n) is 13.3. The molecule has 0 N–H and O–H groups in total. The Hall–Kier alpha value is -7.17. The fourth-order valence-electron chi connectivity index (χ4n) is 7.50. The van der Waals surface area contributed by atoms with Crippen LogP contribution >= 0.6 is 0 Å². The first-order valence-corrected chi connectivity index (χ1v) is 17.9. The van der Waals surface area contributed by atoms with E-state index in [1.54, 1.807) is 0 Å². The molecule has 0 saturated carbocycles. The molecule has 0 aliphatic carbocycles. The molecule has 8 aromatic carbocycles. The lowest BCUT2D eigenvalue weighted by Gasteiger charge is -2.14. The van der Waals surface area contributed by atoms with Gasteiger partial charge in [-0.15, -0.1) is 0 Å². The molecular formula is C49H32N4. The number of fused-ring (bicyclic) bond motifs is 4. The third kappa shape index (κ3) is 5.54. The van der Waals surface area contributed by atoms with E-state index in [1.807, 2.05) is 30.3 Å². The summed E-state index contributed by atoms with van der Waals surface area (Å²) in [7, 11) is 0. The largest absolute Gasteiger partial charge is 0.309 e. The molecule has 0 saturated heterocycles. The lowest BCUT2D eigenvalue weighted by molar-refractivity contribution is 1.08. The van der Waals surface area contributed by atoms with Crippen molar-refractivity contribution >= 4 is 32.6 Å². The number of hydrogen-bond donors (Lipinski definition) is 0. The molecule has 0 aliphatic heterocycles. The van der Waals surface area contributed by atoms with Crippen LogP contribution in [0.25, 0.3) is 94.7 Å². The smallest absolute Gasteiger partial charge is 0.164 e. The predicted molar refractivity (Wildman–Crippen MR) is 219 cm³/mol. The molecule has 4 heteroatoms. The molecule has 4 nitrogen and oxygen atoms in total. The standard InChI is InChI=1S/C49H32N4/c1-4-15-33(16-5-1)37-29-38(34-17-6-2-7-18-34)31-39(30-37)48-50-47(35-19-8-3-9-20-35)51-49(52-48)44-24-14-21-36-32-40(27-28-41(36)44)53-45-25-12-10-22-42(45)43-23-11-13-26-46(43)53/h1-32H. The van der Waals surface area contributed by atoms with Gasteiger partial charge in [0.2, 0.25) is 0 Å². The Balaban J connectivity index is 1.17. The lowest BCUT2D eigenvalue weighted by atomic mass is 9.96. The van der Waals surface area contributed by atoms with Crippen LogP contribution in [-0.2, 0) is 0 Å². The van der Waals surface area contributed by atoms with Gasteiger partial charge in [0.1, 0.15) is 0 Å². The Kier molecular flexibility index (Phi) is 7.43. The molecule has 2 aromatic heterocycles. The van der Waals surface area contributed by atoms with Crippen LogP contribution in [0.5, 0.6) is 0 Å². The molecule has 0 amide bonds. The molecule has 0 bridgehead atoms. The Morgan fingerprint density at radius 1 is 0.302 bits per heavy atom. The number of hydrogen-bond acceptors (Lipinski definition) is 3. The second-order valence-corrected chi connectivity index (χ2v) is 13.3. The quantitative estimate of drug-likeness (QED) is 0.176. The average molecular weight is 677 g/mol. The first-order valence-electron chi connectivity index (χ1n) is 17.9. The minimum Gasteiger partial charge on any atom is -0.309 e. The molecule has 0 fully saturated rings. The monoisotopic (exact) mass is 676 g/mol. The molecule has 53 heavy (non-hydrogen) atoms. The van der Waals surface area contributed by atoms with E-state index in [0.717, 1.165) is 55.4 Å². The van der Waals surface area contributed by atoms with Crippen LogP contribution < -0.4 is 0 Å². The van der Waals surface area contributed by atoms with E-state index in [0.29, 0.717) is 17.5 Å². The van der Waals surface area contributed by atoms with E-state index in [1.165, 1.54) is 21.8 Å². The highest BCUT2D eigenvalue weighted by Crippen LogP contribution is 2.37. The molecule has 0 atom stereocenters. The van der Waals surface area contributed by atoms with Gasteiger partial charge in [0.15, 0.2) is 17.5 Å². The van der Waals surface area contributed by atoms with Crippen LogP contribution in [0, 0.1) is 0 Å². The van der Waals surface area contributed by atoms with Crippen LogP contribution in [0.15, 0.2) is 194 Å². The van der Waals surface area contributed by atoms with E-state index in [2.05, 4.69) is 168 Å². The SMILES string of the molecule is c1ccc(-c2cc(-c3ccccc3)cc(-c3nc(-c4ccccc4)nc(-c4cccc5cc(-n6c7ccccc7c7ccccc76)ccc45)n3)c2)cc1. The van der Waals surface area contributed by atoms with Crippen LogP contribution in [0.1, 0.15) is 0 Å². The fourth-order valence-corrected chi connectivity index (χ4v) is 7.50. The minimum absolute atomic E-state index is 0.628. The lowest BCUT2D eigenvalue weighted by Crippen LogP contribution is -2.01. The van der Waals surface area contributed by atoms with Gasteiger partial charge in [-0.1, -0.05) is 152 Å². The third-order valence-electron chi connectivity index (χ3n) is 10.0. The summed E-state index contributed by atoms with van der Waals surface area (Å²) in [5.74, 6) is 1.90. The zero-order chi connectivity index (χ0) is 35.1. The summed E-state index contributed by atoms with van der Waals surface area (Å²) in [6.07, 6.45) is 0. The number of para-hydroxylation sites is 2. The van der Waals surface area contributed by atoms with Gasteiger partial charge in [0.25, 0.3) is 0 Å². The Bertz CT molecular complexity index is 2820. The van der Waals surface area contributed by atoms with E-state index in [-0.39, 0.29) is 0 Å². The molecule has 10 aromatic rings.